The number of alkyl halides is 3. The summed E-state index contributed by atoms with van der Waals surface area (Å²) >= 11 is 0. The van der Waals surface area contributed by atoms with Crippen molar-refractivity contribution < 1.29 is 22.6 Å². The van der Waals surface area contributed by atoms with Crippen LogP contribution in [0.15, 0.2) is 24.3 Å². The third-order valence-corrected chi connectivity index (χ3v) is 2.67. The second kappa shape index (κ2) is 6.25. The normalized spacial score (nSPS) is 15.5. The molecule has 1 aromatic carbocycles. The maximum Gasteiger partial charge on any atom is 0.411 e. The van der Waals surface area contributed by atoms with E-state index in [1.807, 2.05) is 12.1 Å². The molecule has 3 nitrogen and oxygen atoms in total. The fourth-order valence-electron chi connectivity index (χ4n) is 1.52. The fraction of sp³-hybridized carbons (Fsp3) is 0.538. The molecule has 0 atom stereocenters. The van der Waals surface area contributed by atoms with Gasteiger partial charge in [0.15, 0.2) is 6.79 Å². The van der Waals surface area contributed by atoms with Gasteiger partial charge in [-0.05, 0) is 30.5 Å². The summed E-state index contributed by atoms with van der Waals surface area (Å²) in [7, 11) is 0. The Labute approximate surface area is 109 Å². The molecule has 1 aromatic rings. The van der Waals surface area contributed by atoms with Crippen molar-refractivity contribution in [2.24, 2.45) is 0 Å². The molecule has 1 aliphatic rings. The van der Waals surface area contributed by atoms with Gasteiger partial charge in [-0.2, -0.15) is 13.2 Å². The van der Waals surface area contributed by atoms with E-state index in [4.69, 9.17) is 4.74 Å². The van der Waals surface area contributed by atoms with Gasteiger partial charge in [0.25, 0.3) is 0 Å². The fourth-order valence-corrected chi connectivity index (χ4v) is 1.52. The predicted molar refractivity (Wildman–Crippen MR) is 63.8 cm³/mol. The lowest BCUT2D eigenvalue weighted by Gasteiger charge is -2.10. The first-order valence-electron chi connectivity index (χ1n) is 6.12. The number of benzene rings is 1. The van der Waals surface area contributed by atoms with E-state index in [0.29, 0.717) is 11.8 Å². The van der Waals surface area contributed by atoms with E-state index in [1.165, 1.54) is 12.8 Å². The third kappa shape index (κ3) is 5.94. The van der Waals surface area contributed by atoms with Crippen LogP contribution in [0.25, 0.3) is 0 Å². The van der Waals surface area contributed by atoms with Gasteiger partial charge in [0, 0.05) is 12.6 Å². The molecular weight excluding hydrogens is 259 g/mol. The lowest BCUT2D eigenvalue weighted by Crippen LogP contribution is -2.19. The quantitative estimate of drug-likeness (QED) is 0.613. The van der Waals surface area contributed by atoms with Gasteiger partial charge < -0.3 is 14.8 Å². The predicted octanol–water partition coefficient (Wildman–Crippen LogP) is 2.85. The molecule has 0 unspecified atom stereocenters. The molecule has 0 aliphatic heterocycles. The summed E-state index contributed by atoms with van der Waals surface area (Å²) in [6, 6.07) is 7.86. The number of hydrogen-bond acceptors (Lipinski definition) is 3. The summed E-state index contributed by atoms with van der Waals surface area (Å²) in [6.07, 6.45) is -1.85. The first-order valence-corrected chi connectivity index (χ1v) is 6.12. The van der Waals surface area contributed by atoms with Crippen molar-refractivity contribution in [3.8, 4) is 5.75 Å². The highest BCUT2D eigenvalue weighted by Gasteiger charge is 2.27. The number of nitrogens with one attached hydrogen (secondary N) is 1. The molecule has 0 amide bonds. The van der Waals surface area contributed by atoms with E-state index < -0.39 is 19.6 Å². The highest BCUT2D eigenvalue weighted by molar-refractivity contribution is 5.27. The molecule has 106 valence electrons. The molecule has 0 heterocycles. The summed E-state index contributed by atoms with van der Waals surface area (Å²) < 4.78 is 44.8. The molecule has 0 spiro atoms. The zero-order chi connectivity index (χ0) is 13.7. The first-order chi connectivity index (χ1) is 9.03. The molecule has 0 radical (unpaired) electrons. The molecule has 1 saturated carbocycles. The van der Waals surface area contributed by atoms with Crippen LogP contribution in [-0.4, -0.2) is 25.6 Å². The van der Waals surface area contributed by atoms with Gasteiger partial charge in [-0.1, -0.05) is 12.1 Å². The van der Waals surface area contributed by atoms with Crippen LogP contribution in [0.1, 0.15) is 18.4 Å². The summed E-state index contributed by atoms with van der Waals surface area (Å²) in [5.74, 6) is 0.498. The van der Waals surface area contributed by atoms with Crippen LogP contribution in [0.5, 0.6) is 5.75 Å². The monoisotopic (exact) mass is 275 g/mol. The van der Waals surface area contributed by atoms with E-state index in [9.17, 15) is 13.2 Å². The molecule has 0 bridgehead atoms. The van der Waals surface area contributed by atoms with Crippen LogP contribution in [0, 0.1) is 0 Å². The Morgan fingerprint density at radius 1 is 1.16 bits per heavy atom. The largest absolute Gasteiger partial charge is 0.468 e. The van der Waals surface area contributed by atoms with Crippen LogP contribution >= 0.6 is 0 Å². The molecular formula is C13H16F3NO2. The van der Waals surface area contributed by atoms with Crippen LogP contribution < -0.4 is 10.1 Å². The van der Waals surface area contributed by atoms with E-state index in [1.54, 1.807) is 12.1 Å². The van der Waals surface area contributed by atoms with E-state index in [-0.39, 0.29) is 0 Å². The molecule has 19 heavy (non-hydrogen) atoms. The number of hydrogen-bond donors (Lipinski definition) is 1. The molecule has 6 heteroatoms. The summed E-state index contributed by atoms with van der Waals surface area (Å²) in [5.41, 5.74) is 1.12. The number of rotatable bonds is 7. The Kier molecular flexibility index (Phi) is 4.66. The minimum atomic E-state index is -4.32. The van der Waals surface area contributed by atoms with Crippen molar-refractivity contribution in [2.45, 2.75) is 31.6 Å². The zero-order valence-electron chi connectivity index (χ0n) is 10.4. The molecule has 0 aromatic heterocycles. The molecule has 1 fully saturated rings. The Bertz CT molecular complexity index is 388. The van der Waals surface area contributed by atoms with Crippen molar-refractivity contribution in [1.29, 1.82) is 0 Å². The SMILES string of the molecule is FC(F)(F)COCOc1ccc(CNC2CC2)cc1. The smallest absolute Gasteiger partial charge is 0.411 e. The highest BCUT2D eigenvalue weighted by atomic mass is 19.4. The van der Waals surface area contributed by atoms with E-state index >= 15 is 0 Å². The van der Waals surface area contributed by atoms with Gasteiger partial charge in [0.05, 0.1) is 0 Å². The van der Waals surface area contributed by atoms with Crippen molar-refractivity contribution in [3.05, 3.63) is 29.8 Å². The second-order valence-electron chi connectivity index (χ2n) is 4.52. The Morgan fingerprint density at radius 3 is 2.42 bits per heavy atom. The zero-order valence-corrected chi connectivity index (χ0v) is 10.4. The minimum absolute atomic E-state index is 0.404. The van der Waals surface area contributed by atoms with Crippen LogP contribution in [-0.2, 0) is 11.3 Å². The molecule has 1 aliphatic carbocycles. The van der Waals surface area contributed by atoms with Crippen molar-refractivity contribution >= 4 is 0 Å². The van der Waals surface area contributed by atoms with Crippen molar-refractivity contribution in [2.75, 3.05) is 13.4 Å². The van der Waals surface area contributed by atoms with Gasteiger partial charge in [0.1, 0.15) is 12.4 Å². The second-order valence-corrected chi connectivity index (χ2v) is 4.52. The molecule has 2 rings (SSSR count). The maximum atomic E-state index is 11.8. The molecule has 0 saturated heterocycles. The van der Waals surface area contributed by atoms with Gasteiger partial charge >= 0.3 is 6.18 Å². The van der Waals surface area contributed by atoms with Crippen molar-refractivity contribution in [3.63, 3.8) is 0 Å². The van der Waals surface area contributed by atoms with Crippen LogP contribution in [0.3, 0.4) is 0 Å². The summed E-state index contributed by atoms with van der Waals surface area (Å²) in [4.78, 5) is 0. The Morgan fingerprint density at radius 2 is 1.84 bits per heavy atom. The van der Waals surface area contributed by atoms with Gasteiger partial charge in [-0.3, -0.25) is 0 Å². The third-order valence-electron chi connectivity index (χ3n) is 2.67. The van der Waals surface area contributed by atoms with Crippen LogP contribution in [0.4, 0.5) is 13.2 Å². The topological polar surface area (TPSA) is 30.5 Å². The number of halogens is 3. The van der Waals surface area contributed by atoms with E-state index in [2.05, 4.69) is 10.1 Å². The maximum absolute atomic E-state index is 11.8. The minimum Gasteiger partial charge on any atom is -0.468 e. The average molecular weight is 275 g/mol. The molecule has 1 N–H and O–H groups in total. The standard InChI is InChI=1S/C13H16F3NO2/c14-13(15,16)8-18-9-19-12-5-1-10(2-6-12)7-17-11-3-4-11/h1-2,5-6,11,17H,3-4,7-9H2. The highest BCUT2D eigenvalue weighted by Crippen LogP contribution is 2.20. The first kappa shape index (κ1) is 14.1. The Hall–Kier alpha value is -1.27. The lowest BCUT2D eigenvalue weighted by molar-refractivity contribution is -0.186. The van der Waals surface area contributed by atoms with Crippen molar-refractivity contribution in [1.82, 2.24) is 5.32 Å². The Balaban J connectivity index is 1.66. The van der Waals surface area contributed by atoms with E-state index in [0.717, 1.165) is 12.1 Å². The van der Waals surface area contributed by atoms with Gasteiger partial charge in [-0.15, -0.1) is 0 Å². The summed E-state index contributed by atoms with van der Waals surface area (Å²) in [5, 5.41) is 3.37. The van der Waals surface area contributed by atoms with Crippen LogP contribution in [0.2, 0.25) is 0 Å². The lowest BCUT2D eigenvalue weighted by atomic mass is 10.2. The van der Waals surface area contributed by atoms with Gasteiger partial charge in [-0.25, -0.2) is 0 Å². The number of ether oxygens (including phenoxy) is 2. The average Bonchev–Trinajstić information content (AvgIpc) is 3.16. The summed E-state index contributed by atoms with van der Waals surface area (Å²) in [6.45, 7) is -0.898. The van der Waals surface area contributed by atoms with Gasteiger partial charge in [0.2, 0.25) is 0 Å².